The average molecular weight is 278 g/mol. The van der Waals surface area contributed by atoms with E-state index in [-0.39, 0.29) is 18.0 Å². The summed E-state index contributed by atoms with van der Waals surface area (Å²) in [5.74, 6) is -0.0269. The molecule has 2 unspecified atom stereocenters. The number of carbonyl (C=O) groups is 1. The Kier molecular flexibility index (Phi) is 5.00. The lowest BCUT2D eigenvalue weighted by Crippen LogP contribution is -2.55. The van der Waals surface area contributed by atoms with E-state index in [0.717, 1.165) is 45.1 Å². The predicted molar refractivity (Wildman–Crippen MR) is 77.8 cm³/mol. The number of piperidine rings is 1. The van der Waals surface area contributed by atoms with Crippen molar-refractivity contribution in [1.82, 2.24) is 10.2 Å². The minimum Gasteiger partial charge on any atom is -0.337 e. The van der Waals surface area contributed by atoms with Crippen molar-refractivity contribution < 1.29 is 4.79 Å². The van der Waals surface area contributed by atoms with Gasteiger partial charge < -0.3 is 11.1 Å². The number of likely N-dealkylation sites (tertiary alicyclic amines) is 1. The molecule has 5 nitrogen and oxygen atoms in total. The molecule has 2 aliphatic rings. The van der Waals surface area contributed by atoms with E-state index in [1.54, 1.807) is 0 Å². The van der Waals surface area contributed by atoms with Gasteiger partial charge in [-0.1, -0.05) is 6.42 Å². The number of amides is 1. The molecule has 0 aromatic heterocycles. The molecular formula is C15H26N4O. The lowest BCUT2D eigenvalue weighted by molar-refractivity contribution is -0.124. The molecule has 1 aliphatic carbocycles. The van der Waals surface area contributed by atoms with Gasteiger partial charge in [-0.3, -0.25) is 9.69 Å². The number of hydrogen-bond acceptors (Lipinski definition) is 4. The SMILES string of the molecule is CC(N)C1CCCCN1CC(=O)NC1(C#N)CCCC1. The number of nitrogens with one attached hydrogen (secondary N) is 1. The molecule has 1 saturated heterocycles. The molecule has 0 aromatic carbocycles. The van der Waals surface area contributed by atoms with Crippen LogP contribution in [0.15, 0.2) is 0 Å². The fraction of sp³-hybridized carbons (Fsp3) is 0.867. The Morgan fingerprint density at radius 2 is 2.15 bits per heavy atom. The molecule has 20 heavy (non-hydrogen) atoms. The molecule has 0 spiro atoms. The Hall–Kier alpha value is -1.12. The van der Waals surface area contributed by atoms with Crippen LogP contribution < -0.4 is 11.1 Å². The van der Waals surface area contributed by atoms with Crippen LogP contribution in [0.5, 0.6) is 0 Å². The zero-order valence-electron chi connectivity index (χ0n) is 12.4. The van der Waals surface area contributed by atoms with Crippen molar-refractivity contribution in [2.75, 3.05) is 13.1 Å². The van der Waals surface area contributed by atoms with Crippen molar-refractivity contribution in [3.05, 3.63) is 0 Å². The summed E-state index contributed by atoms with van der Waals surface area (Å²) in [5, 5.41) is 12.3. The van der Waals surface area contributed by atoms with Crippen LogP contribution in [-0.4, -0.2) is 41.5 Å². The van der Waals surface area contributed by atoms with E-state index in [1.807, 2.05) is 6.92 Å². The molecule has 112 valence electrons. The zero-order valence-corrected chi connectivity index (χ0v) is 12.4. The van der Waals surface area contributed by atoms with Gasteiger partial charge >= 0.3 is 0 Å². The summed E-state index contributed by atoms with van der Waals surface area (Å²) in [6.45, 7) is 3.31. The summed E-state index contributed by atoms with van der Waals surface area (Å²) in [6.07, 6.45) is 7.00. The van der Waals surface area contributed by atoms with Crippen molar-refractivity contribution in [2.24, 2.45) is 5.73 Å². The van der Waals surface area contributed by atoms with Crippen LogP contribution in [0.2, 0.25) is 0 Å². The molecule has 2 fully saturated rings. The first-order valence-corrected chi connectivity index (χ1v) is 7.78. The molecule has 2 rings (SSSR count). The molecule has 1 aliphatic heterocycles. The van der Waals surface area contributed by atoms with E-state index in [2.05, 4.69) is 16.3 Å². The first-order valence-electron chi connectivity index (χ1n) is 7.78. The second kappa shape index (κ2) is 6.55. The van der Waals surface area contributed by atoms with Gasteiger partial charge in [0.2, 0.25) is 5.91 Å². The number of carbonyl (C=O) groups excluding carboxylic acids is 1. The Bertz CT molecular complexity index is 382. The van der Waals surface area contributed by atoms with Crippen LogP contribution >= 0.6 is 0 Å². The number of nitrogens with zero attached hydrogens (tertiary/aromatic N) is 2. The fourth-order valence-corrected chi connectivity index (χ4v) is 3.54. The molecule has 5 heteroatoms. The van der Waals surface area contributed by atoms with E-state index in [9.17, 15) is 10.1 Å². The second-order valence-corrected chi connectivity index (χ2v) is 6.34. The van der Waals surface area contributed by atoms with Gasteiger partial charge in [0.15, 0.2) is 0 Å². The average Bonchev–Trinajstić information content (AvgIpc) is 2.88. The Balaban J connectivity index is 1.91. The van der Waals surface area contributed by atoms with Crippen LogP contribution in [0.4, 0.5) is 0 Å². The third-order valence-electron chi connectivity index (χ3n) is 4.67. The van der Waals surface area contributed by atoms with Crippen LogP contribution in [0.3, 0.4) is 0 Å². The first kappa shape index (κ1) is 15.3. The minimum absolute atomic E-state index is 0.0269. The maximum absolute atomic E-state index is 12.3. The van der Waals surface area contributed by atoms with Gasteiger partial charge in [-0.2, -0.15) is 5.26 Å². The van der Waals surface area contributed by atoms with Gasteiger partial charge in [0.05, 0.1) is 12.6 Å². The first-order chi connectivity index (χ1) is 9.56. The topological polar surface area (TPSA) is 82.2 Å². The number of hydrogen-bond donors (Lipinski definition) is 2. The van der Waals surface area contributed by atoms with E-state index < -0.39 is 5.54 Å². The zero-order chi connectivity index (χ0) is 14.6. The quantitative estimate of drug-likeness (QED) is 0.808. The largest absolute Gasteiger partial charge is 0.337 e. The summed E-state index contributed by atoms with van der Waals surface area (Å²) in [5.41, 5.74) is 5.41. The number of nitriles is 1. The van der Waals surface area contributed by atoms with E-state index in [1.165, 1.54) is 6.42 Å². The summed E-state index contributed by atoms with van der Waals surface area (Å²) in [7, 11) is 0. The highest BCUT2D eigenvalue weighted by atomic mass is 16.2. The lowest BCUT2D eigenvalue weighted by atomic mass is 9.96. The molecule has 0 radical (unpaired) electrons. The molecule has 0 bridgehead atoms. The third-order valence-corrected chi connectivity index (χ3v) is 4.67. The van der Waals surface area contributed by atoms with Crippen molar-refractivity contribution in [3.63, 3.8) is 0 Å². The van der Waals surface area contributed by atoms with Crippen LogP contribution in [0.25, 0.3) is 0 Å². The number of nitrogens with two attached hydrogens (primary N) is 1. The highest BCUT2D eigenvalue weighted by molar-refractivity contribution is 5.79. The van der Waals surface area contributed by atoms with E-state index in [4.69, 9.17) is 5.73 Å². The van der Waals surface area contributed by atoms with Crippen molar-refractivity contribution in [2.45, 2.75) is 69.5 Å². The highest BCUT2D eigenvalue weighted by Gasteiger charge is 2.36. The van der Waals surface area contributed by atoms with Gasteiger partial charge in [-0.05, 0) is 52.0 Å². The maximum Gasteiger partial charge on any atom is 0.235 e. The molecule has 0 aromatic rings. The normalized spacial score (nSPS) is 27.8. The van der Waals surface area contributed by atoms with Gasteiger partial charge in [0.25, 0.3) is 0 Å². The standard InChI is InChI=1S/C15H26N4O/c1-12(17)13-6-2-5-9-19(13)10-14(20)18-15(11-16)7-3-4-8-15/h12-13H,2-10,17H2,1H3,(H,18,20). The molecule has 1 saturated carbocycles. The number of rotatable bonds is 4. The van der Waals surface area contributed by atoms with E-state index >= 15 is 0 Å². The fourth-order valence-electron chi connectivity index (χ4n) is 3.54. The van der Waals surface area contributed by atoms with Crippen molar-refractivity contribution >= 4 is 5.91 Å². The maximum atomic E-state index is 12.3. The third kappa shape index (κ3) is 3.50. The van der Waals surface area contributed by atoms with Gasteiger partial charge in [-0.25, -0.2) is 0 Å². The van der Waals surface area contributed by atoms with Gasteiger partial charge in [0, 0.05) is 12.1 Å². The molecular weight excluding hydrogens is 252 g/mol. The highest BCUT2D eigenvalue weighted by Crippen LogP contribution is 2.29. The monoisotopic (exact) mass is 278 g/mol. The smallest absolute Gasteiger partial charge is 0.235 e. The van der Waals surface area contributed by atoms with Crippen molar-refractivity contribution in [1.29, 1.82) is 5.26 Å². The summed E-state index contributed by atoms with van der Waals surface area (Å²) < 4.78 is 0. The lowest BCUT2D eigenvalue weighted by Gasteiger charge is -2.38. The summed E-state index contributed by atoms with van der Waals surface area (Å²) >= 11 is 0. The predicted octanol–water partition coefficient (Wildman–Crippen LogP) is 1.14. The van der Waals surface area contributed by atoms with Crippen LogP contribution in [0, 0.1) is 11.3 Å². The van der Waals surface area contributed by atoms with Crippen LogP contribution in [0.1, 0.15) is 51.9 Å². The minimum atomic E-state index is -0.614. The Morgan fingerprint density at radius 1 is 1.45 bits per heavy atom. The van der Waals surface area contributed by atoms with Crippen LogP contribution in [-0.2, 0) is 4.79 Å². The Morgan fingerprint density at radius 3 is 2.75 bits per heavy atom. The molecule has 2 atom stereocenters. The second-order valence-electron chi connectivity index (χ2n) is 6.34. The molecule has 1 heterocycles. The van der Waals surface area contributed by atoms with Gasteiger partial charge in [-0.15, -0.1) is 0 Å². The molecule has 3 N–H and O–H groups in total. The summed E-state index contributed by atoms with van der Waals surface area (Å²) in [6, 6.07) is 2.68. The van der Waals surface area contributed by atoms with Gasteiger partial charge in [0.1, 0.15) is 5.54 Å². The van der Waals surface area contributed by atoms with Crippen molar-refractivity contribution in [3.8, 4) is 6.07 Å². The van der Waals surface area contributed by atoms with E-state index in [0.29, 0.717) is 6.54 Å². The Labute approximate surface area is 121 Å². The molecule has 1 amide bonds. The summed E-state index contributed by atoms with van der Waals surface area (Å²) in [4.78, 5) is 14.4.